The molecule has 0 bridgehead atoms. The molecule has 6 unspecified atom stereocenters. The number of carbonyl (C=O) groups excluding carboxylic acids is 3. The monoisotopic (exact) mass is 612 g/mol. The summed E-state index contributed by atoms with van der Waals surface area (Å²) >= 11 is 0. The second-order valence-electron chi connectivity index (χ2n) is 8.76. The van der Waals surface area contributed by atoms with E-state index >= 15 is 0 Å². The third kappa shape index (κ3) is 13.0. The summed E-state index contributed by atoms with van der Waals surface area (Å²) in [6, 6.07) is 0. The fourth-order valence-corrected chi connectivity index (χ4v) is 3.69. The molecule has 0 aromatic carbocycles. The highest BCUT2D eigenvalue weighted by atomic mass is 16.6. The lowest BCUT2D eigenvalue weighted by atomic mass is 10.2. The van der Waals surface area contributed by atoms with Crippen LogP contribution in [0.2, 0.25) is 0 Å². The Balaban J connectivity index is 0.000000483. The van der Waals surface area contributed by atoms with Crippen molar-refractivity contribution in [3.63, 3.8) is 0 Å². The van der Waals surface area contributed by atoms with Crippen molar-refractivity contribution in [2.45, 2.75) is 75.1 Å². The predicted octanol–water partition coefficient (Wildman–Crippen LogP) is -2.54. The zero-order chi connectivity index (χ0) is 31.7. The largest absolute Gasteiger partial charge is 0.479 e. The lowest BCUT2D eigenvalue weighted by Gasteiger charge is -2.13. The van der Waals surface area contributed by atoms with Crippen LogP contribution in [0.5, 0.6) is 0 Å². The van der Waals surface area contributed by atoms with Crippen LogP contribution in [0.25, 0.3) is 0 Å². The Labute approximate surface area is 239 Å². The summed E-state index contributed by atoms with van der Waals surface area (Å²) in [5, 5.41) is 49.4. The van der Waals surface area contributed by atoms with Gasteiger partial charge < -0.3 is 59.1 Å². The van der Waals surface area contributed by atoms with Crippen LogP contribution in [-0.2, 0) is 57.2 Å². The van der Waals surface area contributed by atoms with Gasteiger partial charge in [-0.15, -0.1) is 0 Å². The standard InChI is InChI=1S/C16H22O11.C6H8O5.C2H6O2/c17-5-6-23-14(20)11-3-4-12(27-11)16(22)25-8-7-24-15(21)10-2-1-9(26-10)13(18)19;7-5(8)3-1-2-4(11-3)6(9)10;3-1-2-4/h9-12,17H,1-8H2,(H,18,19);3-4H,1-2H2,(H,7,8)(H,9,10);3-4H,1-2H2. The Morgan fingerprint density at radius 1 is 0.452 bits per heavy atom. The second kappa shape index (κ2) is 19.7. The van der Waals surface area contributed by atoms with E-state index in [4.69, 9.17) is 54.3 Å². The lowest BCUT2D eigenvalue weighted by molar-refractivity contribution is -0.170. The first-order chi connectivity index (χ1) is 19.9. The fraction of sp³-hybridized carbons (Fsp3) is 0.750. The maximum absolute atomic E-state index is 11.9. The minimum atomic E-state index is -1.13. The molecule has 0 aromatic rings. The van der Waals surface area contributed by atoms with Crippen LogP contribution in [0, 0.1) is 0 Å². The van der Waals surface area contributed by atoms with Gasteiger partial charge in [-0.1, -0.05) is 0 Å². The lowest BCUT2D eigenvalue weighted by Crippen LogP contribution is -2.30. The van der Waals surface area contributed by atoms with E-state index in [2.05, 4.69) is 4.74 Å². The number of hydrogen-bond acceptors (Lipinski definition) is 15. The molecule has 240 valence electrons. The number of aliphatic carboxylic acids is 3. The first kappa shape index (κ1) is 36.6. The molecule has 3 heterocycles. The van der Waals surface area contributed by atoms with Crippen molar-refractivity contribution >= 4 is 35.8 Å². The van der Waals surface area contributed by atoms with E-state index in [-0.39, 0.29) is 71.7 Å². The van der Waals surface area contributed by atoms with Crippen LogP contribution in [0.1, 0.15) is 38.5 Å². The molecule has 3 aliphatic rings. The average Bonchev–Trinajstić information content (AvgIpc) is 3.75. The quantitative estimate of drug-likeness (QED) is 0.0752. The normalized spacial score (nSPS) is 26.1. The van der Waals surface area contributed by atoms with Crippen molar-refractivity contribution in [3.05, 3.63) is 0 Å². The Morgan fingerprint density at radius 3 is 0.976 bits per heavy atom. The molecule has 3 rings (SSSR count). The third-order valence-corrected chi connectivity index (χ3v) is 5.68. The molecule has 0 radical (unpaired) electrons. The van der Waals surface area contributed by atoms with Crippen LogP contribution in [0.3, 0.4) is 0 Å². The first-order valence-corrected chi connectivity index (χ1v) is 12.9. The first-order valence-electron chi connectivity index (χ1n) is 12.9. The van der Waals surface area contributed by atoms with E-state index in [0.717, 1.165) is 0 Å². The van der Waals surface area contributed by atoms with Crippen LogP contribution >= 0.6 is 0 Å². The Kier molecular flexibility index (Phi) is 17.1. The molecule has 3 saturated heterocycles. The molecule has 0 aromatic heterocycles. The van der Waals surface area contributed by atoms with Crippen molar-refractivity contribution in [1.29, 1.82) is 0 Å². The molecule has 0 amide bonds. The molecule has 18 heteroatoms. The van der Waals surface area contributed by atoms with Crippen LogP contribution < -0.4 is 0 Å². The SMILES string of the molecule is O=C(O)C1CCC(C(=O)O)O1.O=C(O)C1CCC(C(=O)OCCOC(=O)C2CCC(C(=O)OCCO)O2)O1.OCCO. The maximum atomic E-state index is 11.9. The van der Waals surface area contributed by atoms with E-state index in [0.29, 0.717) is 6.42 Å². The van der Waals surface area contributed by atoms with Gasteiger partial charge in [-0.2, -0.15) is 0 Å². The summed E-state index contributed by atoms with van der Waals surface area (Å²) in [6.45, 7) is -1.11. The Hall–Kier alpha value is -3.42. The van der Waals surface area contributed by atoms with Gasteiger partial charge in [0, 0.05) is 0 Å². The van der Waals surface area contributed by atoms with E-state index in [1.807, 2.05) is 0 Å². The fourth-order valence-electron chi connectivity index (χ4n) is 3.69. The molecule has 6 N–H and O–H groups in total. The number of hydrogen-bond donors (Lipinski definition) is 6. The van der Waals surface area contributed by atoms with Gasteiger partial charge in [0.1, 0.15) is 19.8 Å². The summed E-state index contributed by atoms with van der Waals surface area (Å²) in [5.74, 6) is -5.36. The number of aliphatic hydroxyl groups excluding tert-OH is 3. The van der Waals surface area contributed by atoms with Crippen LogP contribution in [0.4, 0.5) is 0 Å². The van der Waals surface area contributed by atoms with Gasteiger partial charge in [0.2, 0.25) is 0 Å². The van der Waals surface area contributed by atoms with Crippen molar-refractivity contribution in [1.82, 2.24) is 0 Å². The Bertz CT molecular complexity index is 884. The van der Waals surface area contributed by atoms with Gasteiger partial charge >= 0.3 is 35.8 Å². The number of carboxylic acid groups (broad SMARTS) is 3. The molecule has 18 nitrogen and oxygen atoms in total. The van der Waals surface area contributed by atoms with E-state index in [9.17, 15) is 28.8 Å². The van der Waals surface area contributed by atoms with Gasteiger partial charge in [0.05, 0.1) is 19.8 Å². The van der Waals surface area contributed by atoms with E-state index < -0.39 is 72.4 Å². The highest BCUT2D eigenvalue weighted by Crippen LogP contribution is 2.23. The molecular weight excluding hydrogens is 576 g/mol. The zero-order valence-electron chi connectivity index (χ0n) is 22.5. The van der Waals surface area contributed by atoms with E-state index in [1.165, 1.54) is 0 Å². The highest BCUT2D eigenvalue weighted by Gasteiger charge is 2.38. The number of esters is 3. The summed E-state index contributed by atoms with van der Waals surface area (Å²) in [7, 11) is 0. The smallest absolute Gasteiger partial charge is 0.335 e. The molecule has 6 atom stereocenters. The topological polar surface area (TPSA) is 279 Å². The minimum absolute atomic E-state index is 0.125. The highest BCUT2D eigenvalue weighted by molar-refractivity contribution is 5.80. The number of aliphatic hydroxyl groups is 3. The molecule has 3 aliphatic heterocycles. The van der Waals surface area contributed by atoms with Crippen molar-refractivity contribution in [2.24, 2.45) is 0 Å². The molecule has 0 spiro atoms. The van der Waals surface area contributed by atoms with E-state index in [1.54, 1.807) is 0 Å². The summed E-state index contributed by atoms with van der Waals surface area (Å²) in [5.41, 5.74) is 0. The summed E-state index contributed by atoms with van der Waals surface area (Å²) in [4.78, 5) is 66.5. The average molecular weight is 613 g/mol. The van der Waals surface area contributed by atoms with Crippen molar-refractivity contribution in [2.75, 3.05) is 39.6 Å². The minimum Gasteiger partial charge on any atom is -0.479 e. The number of ether oxygens (including phenoxy) is 6. The van der Waals surface area contributed by atoms with Crippen LogP contribution in [0.15, 0.2) is 0 Å². The molecule has 42 heavy (non-hydrogen) atoms. The number of carbonyl (C=O) groups is 6. The molecule has 3 fully saturated rings. The summed E-state index contributed by atoms with van der Waals surface area (Å²) < 4.78 is 29.6. The Morgan fingerprint density at radius 2 is 0.714 bits per heavy atom. The molecule has 0 saturated carbocycles. The summed E-state index contributed by atoms with van der Waals surface area (Å²) in [6.07, 6.45) is -4.00. The van der Waals surface area contributed by atoms with Gasteiger partial charge in [-0.3, -0.25) is 0 Å². The number of carboxylic acids is 3. The van der Waals surface area contributed by atoms with Gasteiger partial charge in [0.25, 0.3) is 0 Å². The zero-order valence-corrected chi connectivity index (χ0v) is 22.5. The van der Waals surface area contributed by atoms with Crippen molar-refractivity contribution in [3.8, 4) is 0 Å². The number of rotatable bonds is 12. The predicted molar refractivity (Wildman–Crippen MR) is 131 cm³/mol. The molecular formula is C24H36O18. The third-order valence-electron chi connectivity index (χ3n) is 5.68. The molecule has 0 aliphatic carbocycles. The maximum Gasteiger partial charge on any atom is 0.335 e. The second-order valence-corrected chi connectivity index (χ2v) is 8.76. The van der Waals surface area contributed by atoms with Crippen molar-refractivity contribution < 1.29 is 87.8 Å². The van der Waals surface area contributed by atoms with Crippen LogP contribution in [-0.4, -0.2) is 143 Å². The van der Waals surface area contributed by atoms with Gasteiger partial charge in [-0.25, -0.2) is 28.8 Å². The van der Waals surface area contributed by atoms with Gasteiger partial charge in [-0.05, 0) is 38.5 Å². The van der Waals surface area contributed by atoms with Gasteiger partial charge in [0.15, 0.2) is 36.6 Å².